The average Bonchev–Trinajstić information content (AvgIpc) is 3.06. The van der Waals surface area contributed by atoms with Crippen LogP contribution in [0.25, 0.3) is 22.0 Å². The number of carboxylic acid groups (broad SMARTS) is 1. The maximum atomic E-state index is 14.2. The number of aromatic nitrogens is 3. The lowest BCUT2D eigenvalue weighted by atomic mass is 10.1. The Hall–Kier alpha value is -2.83. The molecule has 2 heterocycles. The van der Waals surface area contributed by atoms with Gasteiger partial charge in [0.25, 0.3) is 0 Å². The zero-order chi connectivity index (χ0) is 15.9. The molecule has 0 aliphatic carbocycles. The van der Waals surface area contributed by atoms with Crippen molar-refractivity contribution in [3.63, 3.8) is 0 Å². The molecule has 1 aromatic carbocycles. The Morgan fingerprint density at radius 1 is 1.41 bits per heavy atom. The fourth-order valence-corrected chi connectivity index (χ4v) is 2.34. The Bertz CT molecular complexity index is 850. The number of aromatic amines is 1. The van der Waals surface area contributed by atoms with E-state index in [0.29, 0.717) is 16.6 Å². The summed E-state index contributed by atoms with van der Waals surface area (Å²) in [7, 11) is 0. The molecule has 0 atom stereocenters. The molecule has 0 saturated carbocycles. The number of hydrogen-bond donors (Lipinski definition) is 3. The van der Waals surface area contributed by atoms with Crippen LogP contribution in [-0.2, 0) is 0 Å². The summed E-state index contributed by atoms with van der Waals surface area (Å²) in [6, 6.07) is 3.35. The standard InChI is InChI=1S/C15H15FN4O2/c1-8(2)20-7-10(5-18-20)9-3-11-13(19-15(21)22)6-17-14(11)12(16)4-9/h3-8,17,19H,1-2H3,(H,21,22). The Morgan fingerprint density at radius 2 is 2.18 bits per heavy atom. The zero-order valence-corrected chi connectivity index (χ0v) is 12.1. The van der Waals surface area contributed by atoms with E-state index in [4.69, 9.17) is 5.11 Å². The molecule has 0 aliphatic rings. The van der Waals surface area contributed by atoms with Crippen molar-refractivity contribution in [1.82, 2.24) is 14.8 Å². The number of halogens is 1. The normalized spacial score (nSPS) is 11.3. The van der Waals surface area contributed by atoms with Gasteiger partial charge in [-0.05, 0) is 31.5 Å². The van der Waals surface area contributed by atoms with Gasteiger partial charge in [0.2, 0.25) is 0 Å². The Kier molecular flexibility index (Phi) is 3.32. The Morgan fingerprint density at radius 3 is 2.82 bits per heavy atom. The molecule has 2 aromatic heterocycles. The quantitative estimate of drug-likeness (QED) is 0.687. The number of nitrogens with zero attached hydrogens (tertiary/aromatic N) is 2. The van der Waals surface area contributed by atoms with Crippen LogP contribution in [0.5, 0.6) is 0 Å². The molecule has 6 nitrogen and oxygen atoms in total. The minimum atomic E-state index is -1.20. The van der Waals surface area contributed by atoms with Crippen molar-refractivity contribution < 1.29 is 14.3 Å². The molecular formula is C15H15FN4O2. The summed E-state index contributed by atoms with van der Waals surface area (Å²) in [5, 5.41) is 15.8. The van der Waals surface area contributed by atoms with Crippen molar-refractivity contribution in [2.45, 2.75) is 19.9 Å². The number of H-pyrrole nitrogens is 1. The molecular weight excluding hydrogens is 287 g/mol. The molecule has 0 fully saturated rings. The largest absolute Gasteiger partial charge is 0.465 e. The third-order valence-electron chi connectivity index (χ3n) is 3.45. The van der Waals surface area contributed by atoms with Crippen LogP contribution in [0.15, 0.2) is 30.7 Å². The molecule has 0 aliphatic heterocycles. The predicted molar refractivity (Wildman–Crippen MR) is 81.5 cm³/mol. The molecule has 7 heteroatoms. The van der Waals surface area contributed by atoms with Crippen LogP contribution in [-0.4, -0.2) is 26.0 Å². The predicted octanol–water partition coefficient (Wildman–Crippen LogP) is 3.84. The zero-order valence-electron chi connectivity index (χ0n) is 12.1. The van der Waals surface area contributed by atoms with E-state index in [1.807, 2.05) is 20.0 Å². The van der Waals surface area contributed by atoms with Gasteiger partial charge in [0, 0.05) is 29.4 Å². The van der Waals surface area contributed by atoms with Crippen molar-refractivity contribution >= 4 is 22.7 Å². The second kappa shape index (κ2) is 5.18. The van der Waals surface area contributed by atoms with Crippen molar-refractivity contribution in [3.8, 4) is 11.1 Å². The van der Waals surface area contributed by atoms with E-state index in [0.717, 1.165) is 5.56 Å². The van der Waals surface area contributed by atoms with Crippen LogP contribution in [0.2, 0.25) is 0 Å². The molecule has 0 spiro atoms. The fraction of sp³-hybridized carbons (Fsp3) is 0.200. The first kappa shape index (κ1) is 14.1. The number of nitrogens with one attached hydrogen (secondary N) is 2. The van der Waals surface area contributed by atoms with E-state index < -0.39 is 11.9 Å². The number of carbonyl (C=O) groups is 1. The molecule has 0 bridgehead atoms. The van der Waals surface area contributed by atoms with E-state index in [1.165, 1.54) is 12.3 Å². The molecule has 3 N–H and O–H groups in total. The summed E-state index contributed by atoms with van der Waals surface area (Å²) < 4.78 is 16.0. The maximum Gasteiger partial charge on any atom is 0.409 e. The highest BCUT2D eigenvalue weighted by Crippen LogP contribution is 2.31. The highest BCUT2D eigenvalue weighted by atomic mass is 19.1. The number of anilines is 1. The lowest BCUT2D eigenvalue weighted by molar-refractivity contribution is 0.210. The number of benzene rings is 1. The van der Waals surface area contributed by atoms with Gasteiger partial charge in [-0.15, -0.1) is 0 Å². The average molecular weight is 302 g/mol. The molecule has 3 aromatic rings. The van der Waals surface area contributed by atoms with Crippen LogP contribution in [0, 0.1) is 5.82 Å². The first-order valence-electron chi connectivity index (χ1n) is 6.81. The van der Waals surface area contributed by atoms with Gasteiger partial charge in [-0.2, -0.15) is 5.10 Å². The highest BCUT2D eigenvalue weighted by Gasteiger charge is 2.13. The van der Waals surface area contributed by atoms with Gasteiger partial charge in [0.05, 0.1) is 17.4 Å². The number of amides is 1. The number of rotatable bonds is 3. The summed E-state index contributed by atoms with van der Waals surface area (Å²) in [5.41, 5.74) is 2.00. The van der Waals surface area contributed by atoms with Crippen LogP contribution in [0.4, 0.5) is 14.9 Å². The van der Waals surface area contributed by atoms with E-state index >= 15 is 0 Å². The van der Waals surface area contributed by atoms with Gasteiger partial charge in [-0.1, -0.05) is 0 Å². The first-order chi connectivity index (χ1) is 10.5. The maximum absolute atomic E-state index is 14.2. The van der Waals surface area contributed by atoms with E-state index in [1.54, 1.807) is 16.9 Å². The topological polar surface area (TPSA) is 82.9 Å². The highest BCUT2D eigenvalue weighted by molar-refractivity contribution is 6.00. The van der Waals surface area contributed by atoms with Gasteiger partial charge < -0.3 is 10.1 Å². The van der Waals surface area contributed by atoms with Crippen LogP contribution < -0.4 is 5.32 Å². The van der Waals surface area contributed by atoms with Gasteiger partial charge in [0.1, 0.15) is 5.82 Å². The first-order valence-corrected chi connectivity index (χ1v) is 6.81. The van der Waals surface area contributed by atoms with Crippen LogP contribution in [0.1, 0.15) is 19.9 Å². The van der Waals surface area contributed by atoms with Gasteiger partial charge >= 0.3 is 6.09 Å². The van der Waals surface area contributed by atoms with Crippen LogP contribution >= 0.6 is 0 Å². The molecule has 22 heavy (non-hydrogen) atoms. The molecule has 0 unspecified atom stereocenters. The Labute approximate surface area is 125 Å². The van der Waals surface area contributed by atoms with Crippen molar-refractivity contribution in [2.75, 3.05) is 5.32 Å². The summed E-state index contributed by atoms with van der Waals surface area (Å²) in [6.45, 7) is 4.00. The summed E-state index contributed by atoms with van der Waals surface area (Å²) >= 11 is 0. The fourth-order valence-electron chi connectivity index (χ4n) is 2.34. The number of fused-ring (bicyclic) bond motifs is 1. The second-order valence-corrected chi connectivity index (χ2v) is 5.32. The minimum Gasteiger partial charge on any atom is -0.465 e. The van der Waals surface area contributed by atoms with Crippen molar-refractivity contribution in [3.05, 3.63) is 36.5 Å². The summed E-state index contributed by atoms with van der Waals surface area (Å²) in [4.78, 5) is 13.5. The molecule has 1 amide bonds. The van der Waals surface area contributed by atoms with Crippen molar-refractivity contribution in [2.24, 2.45) is 0 Å². The lowest BCUT2D eigenvalue weighted by Gasteiger charge is -2.04. The van der Waals surface area contributed by atoms with E-state index in [-0.39, 0.29) is 11.6 Å². The monoisotopic (exact) mass is 302 g/mol. The minimum absolute atomic E-state index is 0.207. The summed E-state index contributed by atoms with van der Waals surface area (Å²) in [5.74, 6) is -0.441. The molecule has 0 saturated heterocycles. The van der Waals surface area contributed by atoms with Gasteiger partial charge in [0.15, 0.2) is 0 Å². The van der Waals surface area contributed by atoms with Gasteiger partial charge in [-0.25, -0.2) is 9.18 Å². The lowest BCUT2D eigenvalue weighted by Crippen LogP contribution is -2.06. The molecule has 114 valence electrons. The molecule has 3 rings (SSSR count). The van der Waals surface area contributed by atoms with E-state index in [9.17, 15) is 9.18 Å². The van der Waals surface area contributed by atoms with Crippen LogP contribution in [0.3, 0.4) is 0 Å². The van der Waals surface area contributed by atoms with E-state index in [2.05, 4.69) is 15.4 Å². The van der Waals surface area contributed by atoms with Gasteiger partial charge in [-0.3, -0.25) is 10.00 Å². The summed E-state index contributed by atoms with van der Waals surface area (Å²) in [6.07, 6.45) is 3.74. The Balaban J connectivity index is 2.11. The van der Waals surface area contributed by atoms with Crippen molar-refractivity contribution in [1.29, 1.82) is 0 Å². The third kappa shape index (κ3) is 2.41. The SMILES string of the molecule is CC(C)n1cc(-c2cc(F)c3[nH]cc(NC(=O)O)c3c2)cn1. The molecule has 0 radical (unpaired) electrons. The second-order valence-electron chi connectivity index (χ2n) is 5.32. The smallest absolute Gasteiger partial charge is 0.409 e. The third-order valence-corrected chi connectivity index (χ3v) is 3.45. The number of hydrogen-bond acceptors (Lipinski definition) is 2.